The zero-order valence-corrected chi connectivity index (χ0v) is 19.3. The number of piperidine rings is 1. The van der Waals surface area contributed by atoms with Gasteiger partial charge in [0.2, 0.25) is 15.9 Å². The molecule has 2 atom stereocenters. The average Bonchev–Trinajstić information content (AvgIpc) is 3.58. The fourth-order valence-corrected chi connectivity index (χ4v) is 5.70. The van der Waals surface area contributed by atoms with Crippen LogP contribution < -0.4 is 10.0 Å². The molecule has 0 bridgehead atoms. The summed E-state index contributed by atoms with van der Waals surface area (Å²) in [5.74, 6) is -0.259. The summed E-state index contributed by atoms with van der Waals surface area (Å²) in [6, 6.07) is 13.6. The van der Waals surface area contributed by atoms with Crippen LogP contribution in [-0.2, 0) is 21.4 Å². The van der Waals surface area contributed by atoms with Gasteiger partial charge in [-0.3, -0.25) is 4.79 Å². The number of amides is 1. The second kappa shape index (κ2) is 9.46. The summed E-state index contributed by atoms with van der Waals surface area (Å²) in [4.78, 5) is 15.4. The summed E-state index contributed by atoms with van der Waals surface area (Å²) in [6.07, 6.45) is 2.42. The number of carbonyl (C=O) groups is 1. The Balaban J connectivity index is 1.44. The number of hydrogen-bond acceptors (Lipinski definition) is 4. The molecule has 2 aliphatic rings. The highest BCUT2D eigenvalue weighted by atomic mass is 35.5. The first kappa shape index (κ1) is 22.6. The molecule has 6 nitrogen and oxygen atoms in total. The Hall–Kier alpha value is -1.64. The van der Waals surface area contributed by atoms with Crippen molar-refractivity contribution in [3.05, 3.63) is 64.1 Å². The summed E-state index contributed by atoms with van der Waals surface area (Å²) >= 11 is 12.3. The maximum atomic E-state index is 13.4. The van der Waals surface area contributed by atoms with Gasteiger partial charge in [0.15, 0.2) is 0 Å². The zero-order chi connectivity index (χ0) is 22.0. The van der Waals surface area contributed by atoms with Gasteiger partial charge in [-0.05, 0) is 49.1 Å². The van der Waals surface area contributed by atoms with Crippen molar-refractivity contribution < 1.29 is 13.2 Å². The van der Waals surface area contributed by atoms with Crippen molar-refractivity contribution in [3.8, 4) is 0 Å². The fourth-order valence-electron chi connectivity index (χ4n) is 3.96. The molecule has 1 saturated heterocycles. The normalized spacial score (nSPS) is 21.6. The summed E-state index contributed by atoms with van der Waals surface area (Å²) in [6.45, 7) is 1.47. The van der Waals surface area contributed by atoms with E-state index in [-0.39, 0.29) is 28.8 Å². The highest BCUT2D eigenvalue weighted by Gasteiger charge is 2.38. The number of carbonyl (C=O) groups excluding carboxylic acids is 1. The van der Waals surface area contributed by atoms with Crippen molar-refractivity contribution in [1.82, 2.24) is 14.9 Å². The molecule has 1 unspecified atom stereocenters. The molecule has 31 heavy (non-hydrogen) atoms. The van der Waals surface area contributed by atoms with E-state index in [1.807, 2.05) is 29.2 Å². The van der Waals surface area contributed by atoms with Crippen LogP contribution in [0.1, 0.15) is 24.8 Å². The number of nitrogens with one attached hydrogen (secondary N) is 2. The van der Waals surface area contributed by atoms with Crippen LogP contribution in [0.5, 0.6) is 0 Å². The van der Waals surface area contributed by atoms with E-state index in [1.54, 1.807) is 12.1 Å². The van der Waals surface area contributed by atoms with Crippen molar-refractivity contribution in [2.45, 2.75) is 42.8 Å². The molecule has 2 N–H and O–H groups in total. The molecular formula is C22H25Cl2N3O3S. The number of rotatable bonds is 7. The minimum atomic E-state index is -3.73. The van der Waals surface area contributed by atoms with Gasteiger partial charge in [0.25, 0.3) is 0 Å². The SMILES string of the molecule is O=C([C@@H]1CNCC(NS(=O)(=O)c2cccc(Cl)c2)C1)N(Cc1ccccc1Cl)C1CC1. The first-order chi connectivity index (χ1) is 14.8. The van der Waals surface area contributed by atoms with Crippen molar-refractivity contribution in [2.75, 3.05) is 13.1 Å². The van der Waals surface area contributed by atoms with Gasteiger partial charge in [-0.15, -0.1) is 0 Å². The Labute approximate surface area is 193 Å². The maximum absolute atomic E-state index is 13.4. The highest BCUT2D eigenvalue weighted by Crippen LogP contribution is 2.32. The Morgan fingerprint density at radius 2 is 1.87 bits per heavy atom. The van der Waals surface area contributed by atoms with E-state index in [0.717, 1.165) is 18.4 Å². The van der Waals surface area contributed by atoms with E-state index in [9.17, 15) is 13.2 Å². The summed E-state index contributed by atoms with van der Waals surface area (Å²) < 4.78 is 28.2. The van der Waals surface area contributed by atoms with E-state index >= 15 is 0 Å². The molecule has 1 aliphatic carbocycles. The van der Waals surface area contributed by atoms with E-state index in [2.05, 4.69) is 10.0 Å². The van der Waals surface area contributed by atoms with Gasteiger partial charge in [0, 0.05) is 41.8 Å². The summed E-state index contributed by atoms with van der Waals surface area (Å²) in [7, 11) is -3.73. The summed E-state index contributed by atoms with van der Waals surface area (Å²) in [5.41, 5.74) is 0.923. The zero-order valence-electron chi connectivity index (χ0n) is 16.9. The standard InChI is InChI=1S/C22H25Cl2N3O3S/c23-17-5-3-6-20(11-17)31(29,30)26-18-10-16(12-25-13-18)22(28)27(19-8-9-19)14-15-4-1-2-7-21(15)24/h1-7,11,16,18-19,25-26H,8-10,12-14H2/t16-,18?/m0/s1. The lowest BCUT2D eigenvalue weighted by Gasteiger charge is -2.34. The van der Waals surface area contributed by atoms with E-state index < -0.39 is 10.0 Å². The average molecular weight is 482 g/mol. The van der Waals surface area contributed by atoms with Crippen LogP contribution in [0.3, 0.4) is 0 Å². The third-order valence-corrected chi connectivity index (χ3v) is 7.82. The second-order valence-electron chi connectivity index (χ2n) is 8.16. The Bertz CT molecular complexity index is 1060. The van der Waals surface area contributed by atoms with Crippen LogP contribution in [0.2, 0.25) is 10.0 Å². The minimum Gasteiger partial charge on any atom is -0.335 e. The van der Waals surface area contributed by atoms with E-state index in [0.29, 0.717) is 36.1 Å². The lowest BCUT2D eigenvalue weighted by Crippen LogP contribution is -2.53. The highest BCUT2D eigenvalue weighted by molar-refractivity contribution is 7.89. The van der Waals surface area contributed by atoms with Crippen molar-refractivity contribution in [2.24, 2.45) is 5.92 Å². The van der Waals surface area contributed by atoms with Gasteiger partial charge in [0.05, 0.1) is 10.8 Å². The first-order valence-electron chi connectivity index (χ1n) is 10.4. The molecule has 9 heteroatoms. The Morgan fingerprint density at radius 3 is 2.58 bits per heavy atom. The molecule has 0 radical (unpaired) electrons. The molecule has 2 fully saturated rings. The molecule has 2 aromatic carbocycles. The van der Waals surface area contributed by atoms with Gasteiger partial charge in [-0.25, -0.2) is 13.1 Å². The molecule has 2 aromatic rings. The molecule has 1 aliphatic heterocycles. The maximum Gasteiger partial charge on any atom is 0.240 e. The number of hydrogen-bond donors (Lipinski definition) is 2. The van der Waals surface area contributed by atoms with E-state index in [4.69, 9.17) is 23.2 Å². The van der Waals surface area contributed by atoms with Gasteiger partial charge in [0.1, 0.15) is 0 Å². The quantitative estimate of drug-likeness (QED) is 0.634. The van der Waals surface area contributed by atoms with Crippen molar-refractivity contribution in [1.29, 1.82) is 0 Å². The third kappa shape index (κ3) is 5.59. The van der Waals surface area contributed by atoms with Gasteiger partial charge in [-0.2, -0.15) is 0 Å². The van der Waals surface area contributed by atoms with Gasteiger partial charge < -0.3 is 10.2 Å². The van der Waals surface area contributed by atoms with Crippen LogP contribution in [0.4, 0.5) is 0 Å². The van der Waals surface area contributed by atoms with E-state index in [1.165, 1.54) is 12.1 Å². The largest absolute Gasteiger partial charge is 0.335 e. The Morgan fingerprint density at radius 1 is 1.10 bits per heavy atom. The van der Waals surface area contributed by atoms with Crippen LogP contribution in [0.15, 0.2) is 53.4 Å². The second-order valence-corrected chi connectivity index (χ2v) is 10.7. The minimum absolute atomic E-state index is 0.0431. The molecule has 1 amide bonds. The molecule has 0 spiro atoms. The predicted octanol–water partition coefficient (Wildman–Crippen LogP) is 3.44. The molecule has 4 rings (SSSR count). The van der Waals surface area contributed by atoms with Crippen LogP contribution in [0, 0.1) is 5.92 Å². The third-order valence-electron chi connectivity index (χ3n) is 5.70. The number of sulfonamides is 1. The van der Waals surface area contributed by atoms with Crippen molar-refractivity contribution >= 4 is 39.1 Å². The predicted molar refractivity (Wildman–Crippen MR) is 122 cm³/mol. The molecule has 1 heterocycles. The fraction of sp³-hybridized carbons (Fsp3) is 0.409. The summed E-state index contributed by atoms with van der Waals surface area (Å²) in [5, 5.41) is 4.22. The van der Waals surface area contributed by atoms with Crippen LogP contribution in [-0.4, -0.2) is 44.4 Å². The Kier molecular flexibility index (Phi) is 6.89. The molecule has 166 valence electrons. The number of nitrogens with zero attached hydrogens (tertiary/aromatic N) is 1. The molecule has 0 aromatic heterocycles. The van der Waals surface area contributed by atoms with Crippen LogP contribution >= 0.6 is 23.2 Å². The molecular weight excluding hydrogens is 457 g/mol. The topological polar surface area (TPSA) is 78.5 Å². The van der Waals surface area contributed by atoms with Gasteiger partial charge >= 0.3 is 0 Å². The monoisotopic (exact) mass is 481 g/mol. The van der Waals surface area contributed by atoms with Crippen molar-refractivity contribution in [3.63, 3.8) is 0 Å². The van der Waals surface area contributed by atoms with Gasteiger partial charge in [-0.1, -0.05) is 47.5 Å². The van der Waals surface area contributed by atoms with Crippen LogP contribution in [0.25, 0.3) is 0 Å². The smallest absolute Gasteiger partial charge is 0.240 e. The first-order valence-corrected chi connectivity index (χ1v) is 12.6. The lowest BCUT2D eigenvalue weighted by atomic mass is 9.94. The molecule has 1 saturated carbocycles. The lowest BCUT2D eigenvalue weighted by molar-refractivity contribution is -0.137. The number of benzene rings is 2. The number of halogens is 2.